The van der Waals surface area contributed by atoms with Crippen LogP contribution in [0.15, 0.2) is 93.9 Å². The van der Waals surface area contributed by atoms with Crippen LogP contribution in [0.2, 0.25) is 0 Å². The molecule has 0 radical (unpaired) electrons. The molecule has 0 amide bonds. The molecule has 4 aromatic carbocycles. The van der Waals surface area contributed by atoms with Gasteiger partial charge in [-0.05, 0) is 121 Å². The van der Waals surface area contributed by atoms with E-state index < -0.39 is 0 Å². The Bertz CT molecular complexity index is 2090. The van der Waals surface area contributed by atoms with Gasteiger partial charge in [-0.25, -0.2) is 0 Å². The van der Waals surface area contributed by atoms with Gasteiger partial charge in [0.25, 0.3) is 0 Å². The number of allylic oxidation sites excluding steroid dienone is 2. The Hall–Kier alpha value is -3.56. The fourth-order valence-corrected chi connectivity index (χ4v) is 11.3. The molecule has 2 heterocycles. The number of benzene rings is 4. The monoisotopic (exact) mass is 880 g/mol. The molecule has 0 unspecified atom stereocenters. The lowest BCUT2D eigenvalue weighted by Crippen LogP contribution is -2.61. The average molecular weight is 883 g/mol. The first kappa shape index (κ1) is 38.0. The van der Waals surface area contributed by atoms with Gasteiger partial charge in [0, 0.05) is 43.0 Å². The summed E-state index contributed by atoms with van der Waals surface area (Å²) in [6, 6.07) is 25.2. The Morgan fingerprint density at radius 3 is 1.23 bits per heavy atom. The minimum Gasteiger partial charge on any atom is -0.497 e. The Morgan fingerprint density at radius 2 is 0.911 bits per heavy atom. The van der Waals surface area contributed by atoms with Crippen molar-refractivity contribution in [2.45, 2.75) is 88.6 Å². The molecule has 10 rings (SSSR count). The normalized spacial score (nSPS) is 30.3. The first-order valence-electron chi connectivity index (χ1n) is 19.8. The van der Waals surface area contributed by atoms with Gasteiger partial charge in [0.15, 0.2) is 0 Å². The van der Waals surface area contributed by atoms with Crippen molar-refractivity contribution in [1.29, 1.82) is 0 Å². The van der Waals surface area contributed by atoms with Gasteiger partial charge in [0.2, 0.25) is 0 Å². The van der Waals surface area contributed by atoms with Crippen LogP contribution in [0.1, 0.15) is 111 Å². The van der Waals surface area contributed by atoms with E-state index in [1.807, 2.05) is 12.1 Å². The molecule has 56 heavy (non-hydrogen) atoms. The number of ether oxygens (including phenoxy) is 6. The molecule has 4 aromatic rings. The first-order chi connectivity index (χ1) is 27.0. The maximum absolute atomic E-state index is 7.04. The third-order valence-electron chi connectivity index (χ3n) is 14.2. The van der Waals surface area contributed by atoms with Crippen LogP contribution < -0.4 is 18.9 Å². The number of halogens is 2. The summed E-state index contributed by atoms with van der Waals surface area (Å²) in [4.78, 5) is 0. The number of hydrogen-bond acceptors (Lipinski definition) is 6. The molecule has 2 aliphatic heterocycles. The molecule has 292 valence electrons. The maximum atomic E-state index is 7.04. The second-order valence-corrected chi connectivity index (χ2v) is 18.6. The molecule has 6 aliphatic rings. The van der Waals surface area contributed by atoms with Gasteiger partial charge in [-0.2, -0.15) is 0 Å². The van der Waals surface area contributed by atoms with Crippen molar-refractivity contribution in [3.63, 3.8) is 0 Å². The van der Waals surface area contributed by atoms with E-state index in [1.54, 1.807) is 28.4 Å². The van der Waals surface area contributed by atoms with Crippen LogP contribution in [0.25, 0.3) is 11.1 Å². The topological polar surface area (TPSA) is 55.4 Å². The molecule has 2 spiro atoms. The lowest BCUT2D eigenvalue weighted by molar-refractivity contribution is -0.188. The summed E-state index contributed by atoms with van der Waals surface area (Å²) in [6.07, 6.45) is 13.6. The summed E-state index contributed by atoms with van der Waals surface area (Å²) in [5.41, 5.74) is 9.58. The molecule has 2 fully saturated rings. The van der Waals surface area contributed by atoms with Gasteiger partial charge in [-0.1, -0.05) is 82.1 Å². The van der Waals surface area contributed by atoms with E-state index in [0.29, 0.717) is 0 Å². The van der Waals surface area contributed by atoms with E-state index in [1.165, 1.54) is 48.0 Å². The summed E-state index contributed by atoms with van der Waals surface area (Å²) in [6.45, 7) is 4.79. The molecule has 0 N–H and O–H groups in total. The highest BCUT2D eigenvalue weighted by atomic mass is 79.9. The van der Waals surface area contributed by atoms with Crippen molar-refractivity contribution < 1.29 is 28.4 Å². The Balaban J connectivity index is 0.000000146. The zero-order valence-corrected chi connectivity index (χ0v) is 36.3. The van der Waals surface area contributed by atoms with Crippen molar-refractivity contribution in [2.24, 2.45) is 10.8 Å². The van der Waals surface area contributed by atoms with Gasteiger partial charge in [0.05, 0.1) is 28.4 Å². The second-order valence-electron chi connectivity index (χ2n) is 16.8. The number of hydrogen-bond donors (Lipinski definition) is 0. The molecule has 4 aliphatic carbocycles. The lowest BCUT2D eigenvalue weighted by atomic mass is 9.49. The predicted octanol–water partition coefficient (Wildman–Crippen LogP) is 12.6. The van der Waals surface area contributed by atoms with Crippen molar-refractivity contribution in [1.82, 2.24) is 0 Å². The molecule has 8 heteroatoms. The number of rotatable bonds is 6. The molecular weight excluding hydrogens is 832 g/mol. The van der Waals surface area contributed by atoms with Crippen molar-refractivity contribution >= 4 is 43.0 Å². The van der Waals surface area contributed by atoms with Crippen molar-refractivity contribution in [3.8, 4) is 23.0 Å². The van der Waals surface area contributed by atoms with Crippen LogP contribution >= 0.6 is 31.9 Å². The largest absolute Gasteiger partial charge is 0.497 e. The first-order valence-corrected chi connectivity index (χ1v) is 21.4. The summed E-state index contributed by atoms with van der Waals surface area (Å²) in [5.74, 6) is 3.30. The van der Waals surface area contributed by atoms with Crippen LogP contribution in [-0.4, -0.2) is 39.6 Å². The van der Waals surface area contributed by atoms with Gasteiger partial charge in [0.1, 0.15) is 46.4 Å². The van der Waals surface area contributed by atoms with Crippen LogP contribution in [0, 0.1) is 10.8 Å². The minimum absolute atomic E-state index is 0.154. The Kier molecular flexibility index (Phi) is 9.54. The minimum atomic E-state index is -0.215. The van der Waals surface area contributed by atoms with E-state index in [0.717, 1.165) is 79.9 Å². The quantitative estimate of drug-likeness (QED) is 0.192. The molecule has 2 saturated carbocycles. The smallest absolute Gasteiger partial charge is 0.129 e. The molecule has 0 saturated heterocycles. The molecule has 6 nitrogen and oxygen atoms in total. The van der Waals surface area contributed by atoms with Crippen LogP contribution in [-0.2, 0) is 9.47 Å². The fraction of sp³-hybridized carbons (Fsp3) is 0.417. The highest BCUT2D eigenvalue weighted by Crippen LogP contribution is 2.69. The Morgan fingerprint density at radius 1 is 0.518 bits per heavy atom. The Labute approximate surface area is 347 Å². The summed E-state index contributed by atoms with van der Waals surface area (Å²) >= 11 is 7.10. The van der Waals surface area contributed by atoms with Gasteiger partial charge < -0.3 is 28.4 Å². The predicted molar refractivity (Wildman–Crippen MR) is 228 cm³/mol. The fourth-order valence-electron chi connectivity index (χ4n) is 10.7. The molecule has 0 aromatic heterocycles. The van der Waals surface area contributed by atoms with E-state index in [2.05, 4.69) is 119 Å². The summed E-state index contributed by atoms with van der Waals surface area (Å²) < 4.78 is 39.1. The third kappa shape index (κ3) is 5.60. The zero-order chi connectivity index (χ0) is 39.0. The summed E-state index contributed by atoms with van der Waals surface area (Å²) in [7, 11) is 6.87. The second kappa shape index (κ2) is 14.1. The maximum Gasteiger partial charge on any atom is 0.129 e. The SMILES string of the molecule is COc1cc(OC)c2c(c1)C1=CCC[C@@]3(C)CC[C@@]13O[C@@H]2c1ccc(Br)cc1.COc1cc(OC)c2c(c1)C1=CCC[C@]3(C)CC[C@]13O[C@H]2c1ccc(Br)cc1. The van der Waals surface area contributed by atoms with Crippen molar-refractivity contribution in [2.75, 3.05) is 28.4 Å². The molecular formula is C48H50Br2O6. The van der Waals surface area contributed by atoms with Crippen molar-refractivity contribution in [3.05, 3.63) is 127 Å². The standard InChI is InChI=1S/2C24H25BrO3/c2*1-23-10-4-5-19-18-13-17(26-2)14-20(27-3)21(18)22(28-24(19,23)12-11-23)15-6-8-16(25)9-7-15/h2*5-9,13-14,22H,4,10-12H2,1-3H3/t2*22-,23+,24-/m10/s1. The van der Waals surface area contributed by atoms with E-state index in [9.17, 15) is 0 Å². The number of fused-ring (bicyclic) bond motifs is 4. The number of methoxy groups -OCH3 is 4. The van der Waals surface area contributed by atoms with Crippen LogP contribution in [0.5, 0.6) is 23.0 Å². The highest BCUT2D eigenvalue weighted by Gasteiger charge is 2.64. The average Bonchev–Trinajstić information content (AvgIpc) is 3.21. The lowest BCUT2D eigenvalue weighted by Gasteiger charge is -2.63. The van der Waals surface area contributed by atoms with Crippen LogP contribution in [0.3, 0.4) is 0 Å². The summed E-state index contributed by atoms with van der Waals surface area (Å²) in [5, 5.41) is 0. The third-order valence-corrected chi connectivity index (χ3v) is 15.3. The highest BCUT2D eigenvalue weighted by molar-refractivity contribution is 9.10. The van der Waals surface area contributed by atoms with Gasteiger partial charge in [-0.3, -0.25) is 0 Å². The van der Waals surface area contributed by atoms with Gasteiger partial charge >= 0.3 is 0 Å². The zero-order valence-electron chi connectivity index (χ0n) is 33.1. The van der Waals surface area contributed by atoms with E-state index >= 15 is 0 Å². The van der Waals surface area contributed by atoms with Gasteiger partial charge in [-0.15, -0.1) is 0 Å². The van der Waals surface area contributed by atoms with E-state index in [4.69, 9.17) is 28.4 Å². The van der Waals surface area contributed by atoms with E-state index in [-0.39, 0.29) is 34.2 Å². The van der Waals surface area contributed by atoms with Crippen LogP contribution in [0.4, 0.5) is 0 Å². The molecule has 6 atom stereocenters. The molecule has 0 bridgehead atoms.